The van der Waals surface area contributed by atoms with Gasteiger partial charge < -0.3 is 24.4 Å². The first-order valence-corrected chi connectivity index (χ1v) is 11.4. The van der Waals surface area contributed by atoms with Crippen LogP contribution in [0.15, 0.2) is 58.4 Å². The van der Waals surface area contributed by atoms with E-state index < -0.39 is 5.60 Å². The first kappa shape index (κ1) is 21.8. The van der Waals surface area contributed by atoms with Crippen LogP contribution in [0.5, 0.6) is 0 Å². The fourth-order valence-corrected chi connectivity index (χ4v) is 4.91. The summed E-state index contributed by atoms with van der Waals surface area (Å²) in [7, 11) is 1.71. The number of ether oxygens (including phenoxy) is 1. The Kier molecular flexibility index (Phi) is 6.01. The topological polar surface area (TPSA) is 91.3 Å². The fourth-order valence-electron chi connectivity index (χ4n) is 4.91. The minimum atomic E-state index is -1.00. The molecule has 7 nitrogen and oxygen atoms in total. The summed E-state index contributed by atoms with van der Waals surface area (Å²) in [6.07, 6.45) is 6.30. The van der Waals surface area contributed by atoms with Gasteiger partial charge in [-0.05, 0) is 55.0 Å². The van der Waals surface area contributed by atoms with Crippen LogP contribution in [-0.4, -0.2) is 59.3 Å². The van der Waals surface area contributed by atoms with Crippen molar-refractivity contribution < 1.29 is 19.5 Å². The highest BCUT2D eigenvalue weighted by atomic mass is 16.5. The molecule has 0 bridgehead atoms. The Morgan fingerprint density at radius 1 is 1.06 bits per heavy atom. The van der Waals surface area contributed by atoms with E-state index >= 15 is 0 Å². The van der Waals surface area contributed by atoms with Crippen LogP contribution in [0.2, 0.25) is 0 Å². The number of likely N-dealkylation sites (tertiary alicyclic amines) is 1. The predicted molar refractivity (Wildman–Crippen MR) is 125 cm³/mol. The van der Waals surface area contributed by atoms with E-state index in [-0.39, 0.29) is 0 Å². The summed E-state index contributed by atoms with van der Waals surface area (Å²) >= 11 is 0. The van der Waals surface area contributed by atoms with E-state index in [0.717, 1.165) is 71.8 Å². The molecule has 172 valence electrons. The third-order valence-corrected chi connectivity index (χ3v) is 6.91. The predicted octanol–water partition coefficient (Wildman–Crippen LogP) is 4.06. The van der Waals surface area contributed by atoms with E-state index in [0.29, 0.717) is 25.2 Å². The van der Waals surface area contributed by atoms with E-state index in [4.69, 9.17) is 9.15 Å². The van der Waals surface area contributed by atoms with Crippen molar-refractivity contribution in [3.63, 3.8) is 0 Å². The van der Waals surface area contributed by atoms with E-state index in [2.05, 4.69) is 21.1 Å². The van der Waals surface area contributed by atoms with Crippen LogP contribution < -0.4 is 0 Å². The molecule has 1 aromatic carbocycles. The number of fused-ring (bicyclic) bond motifs is 1. The number of aromatic nitrogens is 1. The Morgan fingerprint density at radius 2 is 1.85 bits per heavy atom. The SMILES string of the molecule is COCCN1CCC(O)(c2cc(-c3ccc4c(c3)CC/C4=N\O)c(-c3ccncc3)o2)CC1. The molecular formula is C26H29N3O4. The van der Waals surface area contributed by atoms with Crippen molar-refractivity contribution in [3.05, 3.63) is 65.7 Å². The van der Waals surface area contributed by atoms with Gasteiger partial charge in [0.1, 0.15) is 17.1 Å². The molecule has 2 aliphatic rings. The number of piperidine rings is 1. The first-order valence-electron chi connectivity index (χ1n) is 11.4. The summed E-state index contributed by atoms with van der Waals surface area (Å²) in [6, 6.07) is 12.0. The molecule has 3 aromatic rings. The molecule has 1 fully saturated rings. The zero-order chi connectivity index (χ0) is 22.8. The number of benzene rings is 1. The average Bonchev–Trinajstić information content (AvgIpc) is 3.49. The molecule has 3 heterocycles. The fraction of sp³-hybridized carbons (Fsp3) is 0.385. The minimum Gasteiger partial charge on any atom is -0.457 e. The van der Waals surface area contributed by atoms with Crippen LogP contribution in [0.3, 0.4) is 0 Å². The zero-order valence-corrected chi connectivity index (χ0v) is 18.8. The van der Waals surface area contributed by atoms with E-state index in [1.807, 2.05) is 30.3 Å². The number of aryl methyl sites for hydroxylation is 1. The molecule has 0 radical (unpaired) electrons. The number of hydrogen-bond acceptors (Lipinski definition) is 7. The number of methoxy groups -OCH3 is 1. The summed E-state index contributed by atoms with van der Waals surface area (Å²) in [5, 5.41) is 24.2. The standard InChI is InChI=1S/C26H29N3O4/c1-32-15-14-29-12-8-26(30,9-13-29)24-17-22(25(33-24)18-6-10-27-11-7-18)20-2-4-21-19(16-20)3-5-23(21)28-31/h2,4,6-7,10-11,16-17,30-31H,3,5,8-9,12-15H2,1H3/b28-23+. The molecule has 0 atom stereocenters. The van der Waals surface area contributed by atoms with Gasteiger partial charge in [-0.2, -0.15) is 0 Å². The maximum Gasteiger partial charge on any atom is 0.142 e. The van der Waals surface area contributed by atoms with Crippen LogP contribution in [0.4, 0.5) is 0 Å². The number of pyridine rings is 1. The molecule has 7 heteroatoms. The zero-order valence-electron chi connectivity index (χ0n) is 18.8. The van der Waals surface area contributed by atoms with E-state index in [9.17, 15) is 10.3 Å². The third kappa shape index (κ3) is 4.19. The Labute approximate surface area is 193 Å². The van der Waals surface area contributed by atoms with Crippen LogP contribution in [0.1, 0.15) is 36.1 Å². The third-order valence-electron chi connectivity index (χ3n) is 6.91. The highest BCUT2D eigenvalue weighted by Crippen LogP contribution is 2.42. The average molecular weight is 448 g/mol. The molecule has 2 aromatic heterocycles. The summed E-state index contributed by atoms with van der Waals surface area (Å²) < 4.78 is 11.6. The largest absolute Gasteiger partial charge is 0.457 e. The highest BCUT2D eigenvalue weighted by Gasteiger charge is 2.38. The number of aliphatic hydroxyl groups is 1. The molecule has 0 saturated carbocycles. The smallest absolute Gasteiger partial charge is 0.142 e. The lowest BCUT2D eigenvalue weighted by atomic mass is 9.88. The summed E-state index contributed by atoms with van der Waals surface area (Å²) in [4.78, 5) is 6.45. The lowest BCUT2D eigenvalue weighted by Gasteiger charge is -2.36. The van der Waals surface area contributed by atoms with Crippen molar-refractivity contribution in [1.82, 2.24) is 9.88 Å². The summed E-state index contributed by atoms with van der Waals surface area (Å²) in [5.74, 6) is 1.34. The number of nitrogens with zero attached hydrogens (tertiary/aromatic N) is 3. The molecule has 0 amide bonds. The van der Waals surface area contributed by atoms with Gasteiger partial charge in [0.25, 0.3) is 0 Å². The molecule has 33 heavy (non-hydrogen) atoms. The number of hydrogen-bond donors (Lipinski definition) is 2. The summed E-state index contributed by atoms with van der Waals surface area (Å²) in [6.45, 7) is 3.15. The molecule has 1 saturated heterocycles. The second-order valence-corrected chi connectivity index (χ2v) is 8.87. The van der Waals surface area contributed by atoms with Crippen LogP contribution in [0.25, 0.3) is 22.5 Å². The van der Waals surface area contributed by atoms with E-state index in [1.54, 1.807) is 19.5 Å². The van der Waals surface area contributed by atoms with Gasteiger partial charge in [-0.25, -0.2) is 0 Å². The normalized spacial score (nSPS) is 19.2. The van der Waals surface area contributed by atoms with Gasteiger partial charge in [-0.1, -0.05) is 23.4 Å². The Hall–Kier alpha value is -3.00. The monoisotopic (exact) mass is 447 g/mol. The van der Waals surface area contributed by atoms with Crippen molar-refractivity contribution in [2.75, 3.05) is 33.4 Å². The van der Waals surface area contributed by atoms with Gasteiger partial charge in [-0.15, -0.1) is 0 Å². The van der Waals surface area contributed by atoms with Gasteiger partial charge in [-0.3, -0.25) is 4.98 Å². The lowest BCUT2D eigenvalue weighted by molar-refractivity contribution is -0.0445. The first-order chi connectivity index (χ1) is 16.1. The maximum absolute atomic E-state index is 11.5. The maximum atomic E-state index is 11.5. The molecule has 2 N–H and O–H groups in total. The van der Waals surface area contributed by atoms with Crippen molar-refractivity contribution in [1.29, 1.82) is 0 Å². The highest BCUT2D eigenvalue weighted by molar-refractivity contribution is 6.04. The quantitative estimate of drug-likeness (QED) is 0.437. The molecule has 0 unspecified atom stereocenters. The molecule has 1 aliphatic carbocycles. The Balaban J connectivity index is 1.51. The van der Waals surface area contributed by atoms with Crippen molar-refractivity contribution in [2.45, 2.75) is 31.3 Å². The van der Waals surface area contributed by atoms with Crippen molar-refractivity contribution in [2.24, 2.45) is 5.16 Å². The van der Waals surface area contributed by atoms with Gasteiger partial charge in [0.05, 0.1) is 12.3 Å². The van der Waals surface area contributed by atoms with Crippen LogP contribution >= 0.6 is 0 Å². The van der Waals surface area contributed by atoms with E-state index in [1.165, 1.54) is 0 Å². The second-order valence-electron chi connectivity index (χ2n) is 8.87. The van der Waals surface area contributed by atoms with Crippen molar-refractivity contribution >= 4 is 5.71 Å². The number of rotatable bonds is 6. The molecule has 5 rings (SSSR count). The lowest BCUT2D eigenvalue weighted by Crippen LogP contribution is -2.43. The molecular weight excluding hydrogens is 418 g/mol. The number of furan rings is 1. The van der Waals surface area contributed by atoms with Crippen molar-refractivity contribution in [3.8, 4) is 22.5 Å². The van der Waals surface area contributed by atoms with Gasteiger partial charge in [0, 0.05) is 55.8 Å². The number of oxime groups is 1. The van der Waals surface area contributed by atoms with Gasteiger partial charge in [0.15, 0.2) is 0 Å². The summed E-state index contributed by atoms with van der Waals surface area (Å²) in [5.41, 5.74) is 4.78. The second kappa shape index (κ2) is 9.09. The van der Waals surface area contributed by atoms with Gasteiger partial charge in [0.2, 0.25) is 0 Å². The Bertz CT molecular complexity index is 1150. The van der Waals surface area contributed by atoms with Gasteiger partial charge >= 0.3 is 0 Å². The van der Waals surface area contributed by atoms with Crippen LogP contribution in [0, 0.1) is 0 Å². The minimum absolute atomic E-state index is 0.605. The Morgan fingerprint density at radius 3 is 2.58 bits per heavy atom. The van der Waals surface area contributed by atoms with Crippen LogP contribution in [-0.2, 0) is 16.8 Å². The molecule has 0 spiro atoms. The molecule has 1 aliphatic heterocycles.